The monoisotopic (exact) mass is 307 g/mol. The quantitative estimate of drug-likeness (QED) is 0.784. The molecule has 0 saturated carbocycles. The Kier molecular flexibility index (Phi) is 4.42. The van der Waals surface area contributed by atoms with Crippen LogP contribution in [0.15, 0.2) is 60.7 Å². The van der Waals surface area contributed by atoms with E-state index in [0.29, 0.717) is 5.82 Å². The van der Waals surface area contributed by atoms with Crippen LogP contribution in [0.5, 0.6) is 0 Å². The average molecular weight is 307 g/mol. The van der Waals surface area contributed by atoms with Gasteiger partial charge >= 0.3 is 0 Å². The third-order valence-electron chi connectivity index (χ3n) is 3.45. The SMILES string of the molecule is CC(NC(=O)Cn1nnc(-c2ccccc2)n1)c1ccccc1. The van der Waals surface area contributed by atoms with Crippen molar-refractivity contribution in [3.05, 3.63) is 66.2 Å². The van der Waals surface area contributed by atoms with Gasteiger partial charge in [0.05, 0.1) is 6.04 Å². The number of nitrogens with one attached hydrogen (secondary N) is 1. The highest BCUT2D eigenvalue weighted by atomic mass is 16.2. The van der Waals surface area contributed by atoms with Crippen LogP contribution in [0.1, 0.15) is 18.5 Å². The molecule has 0 radical (unpaired) electrons. The second-order valence-electron chi connectivity index (χ2n) is 5.21. The molecular weight excluding hydrogens is 290 g/mol. The fraction of sp³-hybridized carbons (Fsp3) is 0.176. The highest BCUT2D eigenvalue weighted by Gasteiger charge is 2.12. The second-order valence-corrected chi connectivity index (χ2v) is 5.21. The summed E-state index contributed by atoms with van der Waals surface area (Å²) >= 11 is 0. The number of benzene rings is 2. The highest BCUT2D eigenvalue weighted by Crippen LogP contribution is 2.12. The van der Waals surface area contributed by atoms with Crippen LogP contribution in [0, 0.1) is 0 Å². The second kappa shape index (κ2) is 6.83. The molecule has 0 aliphatic rings. The van der Waals surface area contributed by atoms with E-state index in [1.807, 2.05) is 67.6 Å². The van der Waals surface area contributed by atoms with Gasteiger partial charge in [-0.15, -0.1) is 10.2 Å². The first-order valence-electron chi connectivity index (χ1n) is 7.40. The van der Waals surface area contributed by atoms with Crippen molar-refractivity contribution in [3.63, 3.8) is 0 Å². The topological polar surface area (TPSA) is 72.7 Å². The molecule has 1 aromatic heterocycles. The number of aromatic nitrogens is 4. The Morgan fingerprint density at radius 1 is 1.09 bits per heavy atom. The van der Waals surface area contributed by atoms with Crippen molar-refractivity contribution in [1.29, 1.82) is 0 Å². The van der Waals surface area contributed by atoms with Gasteiger partial charge in [0, 0.05) is 5.56 Å². The molecule has 0 fully saturated rings. The van der Waals surface area contributed by atoms with Crippen molar-refractivity contribution in [3.8, 4) is 11.4 Å². The molecule has 2 aromatic carbocycles. The molecule has 1 heterocycles. The number of amides is 1. The maximum absolute atomic E-state index is 12.1. The molecule has 0 spiro atoms. The van der Waals surface area contributed by atoms with Crippen LogP contribution < -0.4 is 5.32 Å². The van der Waals surface area contributed by atoms with E-state index < -0.39 is 0 Å². The van der Waals surface area contributed by atoms with E-state index in [1.54, 1.807) is 0 Å². The average Bonchev–Trinajstić information content (AvgIpc) is 3.04. The first-order valence-corrected chi connectivity index (χ1v) is 7.40. The highest BCUT2D eigenvalue weighted by molar-refractivity contribution is 5.76. The molecule has 0 saturated heterocycles. The number of rotatable bonds is 5. The molecule has 1 atom stereocenters. The maximum atomic E-state index is 12.1. The first-order chi connectivity index (χ1) is 11.2. The number of carbonyl (C=O) groups is 1. The summed E-state index contributed by atoms with van der Waals surface area (Å²) in [6, 6.07) is 19.3. The maximum Gasteiger partial charge on any atom is 0.244 e. The van der Waals surface area contributed by atoms with E-state index in [0.717, 1.165) is 11.1 Å². The Morgan fingerprint density at radius 3 is 2.43 bits per heavy atom. The molecule has 1 N–H and O–H groups in total. The molecule has 23 heavy (non-hydrogen) atoms. The molecule has 1 amide bonds. The third kappa shape index (κ3) is 3.79. The zero-order valence-electron chi connectivity index (χ0n) is 12.8. The van der Waals surface area contributed by atoms with Gasteiger partial charge in [-0.2, -0.15) is 4.80 Å². The lowest BCUT2D eigenvalue weighted by molar-refractivity contribution is -0.122. The van der Waals surface area contributed by atoms with E-state index in [9.17, 15) is 4.79 Å². The van der Waals surface area contributed by atoms with Crippen LogP contribution in [0.4, 0.5) is 0 Å². The van der Waals surface area contributed by atoms with Crippen molar-refractivity contribution >= 4 is 5.91 Å². The fourth-order valence-electron chi connectivity index (χ4n) is 2.25. The lowest BCUT2D eigenvalue weighted by atomic mass is 10.1. The van der Waals surface area contributed by atoms with Crippen molar-refractivity contribution in [2.24, 2.45) is 0 Å². The minimum absolute atomic E-state index is 0.0387. The van der Waals surface area contributed by atoms with Crippen LogP contribution in [0.2, 0.25) is 0 Å². The van der Waals surface area contributed by atoms with Gasteiger partial charge in [-0.25, -0.2) is 0 Å². The minimum atomic E-state index is -0.154. The van der Waals surface area contributed by atoms with Gasteiger partial charge in [0.2, 0.25) is 11.7 Å². The number of hydrogen-bond donors (Lipinski definition) is 1. The number of tetrazole rings is 1. The lowest BCUT2D eigenvalue weighted by Crippen LogP contribution is -2.30. The summed E-state index contributed by atoms with van der Waals surface area (Å²) in [6.07, 6.45) is 0. The fourth-order valence-corrected chi connectivity index (χ4v) is 2.25. The van der Waals surface area contributed by atoms with Gasteiger partial charge < -0.3 is 5.32 Å². The molecule has 3 aromatic rings. The zero-order valence-corrected chi connectivity index (χ0v) is 12.8. The molecule has 0 aliphatic heterocycles. The predicted molar refractivity (Wildman–Crippen MR) is 86.3 cm³/mol. The van der Waals surface area contributed by atoms with Gasteiger partial charge in [-0.1, -0.05) is 60.7 Å². The summed E-state index contributed by atoms with van der Waals surface area (Å²) in [5.74, 6) is 0.355. The van der Waals surface area contributed by atoms with Gasteiger partial charge in [0.25, 0.3) is 0 Å². The van der Waals surface area contributed by atoms with E-state index in [4.69, 9.17) is 0 Å². The molecule has 116 valence electrons. The molecule has 6 nitrogen and oxygen atoms in total. The summed E-state index contributed by atoms with van der Waals surface area (Å²) in [7, 11) is 0. The summed E-state index contributed by atoms with van der Waals surface area (Å²) in [6.45, 7) is 1.98. The molecule has 1 unspecified atom stereocenters. The smallest absolute Gasteiger partial charge is 0.244 e. The molecule has 0 bridgehead atoms. The van der Waals surface area contributed by atoms with E-state index in [2.05, 4.69) is 20.7 Å². The Balaban J connectivity index is 1.61. The van der Waals surface area contributed by atoms with E-state index in [-0.39, 0.29) is 18.5 Å². The van der Waals surface area contributed by atoms with Crippen molar-refractivity contribution in [2.75, 3.05) is 0 Å². The normalized spacial score (nSPS) is 11.9. The lowest BCUT2D eigenvalue weighted by Gasteiger charge is -2.13. The molecular formula is C17H17N5O. The summed E-state index contributed by atoms with van der Waals surface area (Å²) in [5.41, 5.74) is 1.93. The third-order valence-corrected chi connectivity index (χ3v) is 3.45. The summed E-state index contributed by atoms with van der Waals surface area (Å²) in [4.78, 5) is 13.4. The predicted octanol–water partition coefficient (Wildman–Crippen LogP) is 2.22. The van der Waals surface area contributed by atoms with Gasteiger partial charge in [0.1, 0.15) is 6.54 Å². The summed E-state index contributed by atoms with van der Waals surface area (Å²) < 4.78 is 0. The van der Waals surface area contributed by atoms with Crippen LogP contribution in [0.3, 0.4) is 0 Å². The Labute approximate surface area is 134 Å². The van der Waals surface area contributed by atoms with Gasteiger partial charge in [-0.05, 0) is 17.7 Å². The van der Waals surface area contributed by atoms with Crippen molar-refractivity contribution in [2.45, 2.75) is 19.5 Å². The van der Waals surface area contributed by atoms with Crippen LogP contribution in [0.25, 0.3) is 11.4 Å². The largest absolute Gasteiger partial charge is 0.348 e. The van der Waals surface area contributed by atoms with Crippen molar-refractivity contribution < 1.29 is 4.79 Å². The first kappa shape index (κ1) is 14.9. The Morgan fingerprint density at radius 2 is 1.74 bits per heavy atom. The van der Waals surface area contributed by atoms with E-state index >= 15 is 0 Å². The Hall–Kier alpha value is -3.02. The van der Waals surface area contributed by atoms with Crippen LogP contribution >= 0.6 is 0 Å². The van der Waals surface area contributed by atoms with Gasteiger partial charge in [0.15, 0.2) is 0 Å². The number of nitrogens with zero attached hydrogens (tertiary/aromatic N) is 4. The van der Waals surface area contributed by atoms with Crippen molar-refractivity contribution in [1.82, 2.24) is 25.5 Å². The molecule has 0 aliphatic carbocycles. The minimum Gasteiger partial charge on any atom is -0.348 e. The van der Waals surface area contributed by atoms with Crippen LogP contribution in [-0.2, 0) is 11.3 Å². The molecule has 6 heteroatoms. The van der Waals surface area contributed by atoms with Crippen LogP contribution in [-0.4, -0.2) is 26.1 Å². The standard InChI is InChI=1S/C17H17N5O/c1-13(14-8-4-2-5-9-14)18-16(23)12-22-20-17(19-21-22)15-10-6-3-7-11-15/h2-11,13H,12H2,1H3,(H,18,23). The number of carbonyl (C=O) groups excluding carboxylic acids is 1. The zero-order chi connectivity index (χ0) is 16.1. The Bertz CT molecular complexity index is 770. The van der Waals surface area contributed by atoms with E-state index in [1.165, 1.54) is 4.80 Å². The summed E-state index contributed by atoms with van der Waals surface area (Å²) in [5, 5.41) is 15.1. The number of hydrogen-bond acceptors (Lipinski definition) is 4. The van der Waals surface area contributed by atoms with Gasteiger partial charge in [-0.3, -0.25) is 4.79 Å². The molecule has 3 rings (SSSR count).